The highest BCUT2D eigenvalue weighted by molar-refractivity contribution is 6.27. The maximum absolute atomic E-state index is 13.5. The number of nitrogens with zero attached hydrogens (tertiary/aromatic N) is 2. The number of hydrogen-bond donors (Lipinski definition) is 2. The molecule has 1 amide bonds. The Morgan fingerprint density at radius 2 is 1.38 bits per heavy atom. The second-order valence-electron chi connectivity index (χ2n) is 9.64. The van der Waals surface area contributed by atoms with E-state index in [2.05, 4.69) is 71.3 Å². The van der Waals surface area contributed by atoms with Gasteiger partial charge < -0.3 is 19.8 Å². The lowest BCUT2D eigenvalue weighted by atomic mass is 10.00. The number of benzene rings is 3. The standard InChI is InChI=1S/C29H34N2O2.C2H2O4/c1-23-8-10-26(11-9-23)22-31(29(32)20-24-12-14-28(33-2)15-13-24)27-16-18-30(19-17-27)21-25-6-4-3-5-7-25;3-1(4)2(5)6/h3-15,27H,16-22H2,1-2H3;(H,3,4)(H,5,6). The number of rotatable bonds is 8. The molecule has 1 fully saturated rings. The minimum Gasteiger partial charge on any atom is -0.497 e. The van der Waals surface area contributed by atoms with Crippen LogP contribution in [0.4, 0.5) is 0 Å². The topological polar surface area (TPSA) is 107 Å². The average Bonchev–Trinajstić information content (AvgIpc) is 2.94. The van der Waals surface area contributed by atoms with E-state index < -0.39 is 11.9 Å². The first-order chi connectivity index (χ1) is 18.7. The normalized spacial score (nSPS) is 13.6. The third-order valence-corrected chi connectivity index (χ3v) is 6.74. The van der Waals surface area contributed by atoms with Gasteiger partial charge in [-0.1, -0.05) is 72.3 Å². The summed E-state index contributed by atoms with van der Waals surface area (Å²) in [7, 11) is 1.66. The number of carboxylic acids is 2. The number of carbonyl (C=O) groups excluding carboxylic acids is 1. The van der Waals surface area contributed by atoms with Gasteiger partial charge in [0, 0.05) is 32.2 Å². The third kappa shape index (κ3) is 9.57. The van der Waals surface area contributed by atoms with Crippen LogP contribution in [0, 0.1) is 6.92 Å². The van der Waals surface area contributed by atoms with Gasteiger partial charge in [-0.05, 0) is 48.6 Å². The molecule has 0 atom stereocenters. The minimum atomic E-state index is -1.82. The summed E-state index contributed by atoms with van der Waals surface area (Å²) in [5.41, 5.74) is 4.80. The van der Waals surface area contributed by atoms with E-state index in [0.717, 1.165) is 43.8 Å². The summed E-state index contributed by atoms with van der Waals surface area (Å²) < 4.78 is 5.26. The van der Waals surface area contributed by atoms with Crippen LogP contribution in [-0.4, -0.2) is 64.1 Å². The van der Waals surface area contributed by atoms with Gasteiger partial charge in [-0.15, -0.1) is 0 Å². The van der Waals surface area contributed by atoms with Crippen molar-refractivity contribution in [3.8, 4) is 5.75 Å². The molecule has 1 saturated heterocycles. The highest BCUT2D eigenvalue weighted by atomic mass is 16.5. The number of methoxy groups -OCH3 is 1. The molecule has 3 aromatic rings. The Hall–Kier alpha value is -4.17. The molecule has 1 heterocycles. The van der Waals surface area contributed by atoms with Gasteiger partial charge >= 0.3 is 11.9 Å². The first-order valence-electron chi connectivity index (χ1n) is 13.0. The fourth-order valence-electron chi connectivity index (χ4n) is 4.56. The van der Waals surface area contributed by atoms with Gasteiger partial charge in [-0.3, -0.25) is 9.69 Å². The van der Waals surface area contributed by atoms with E-state index in [-0.39, 0.29) is 11.9 Å². The van der Waals surface area contributed by atoms with Crippen molar-refractivity contribution in [2.75, 3.05) is 20.2 Å². The first kappa shape index (κ1) is 29.4. The molecule has 0 spiro atoms. The van der Waals surface area contributed by atoms with Crippen LogP contribution in [-0.2, 0) is 33.9 Å². The van der Waals surface area contributed by atoms with Crippen LogP contribution in [0.25, 0.3) is 0 Å². The first-order valence-corrected chi connectivity index (χ1v) is 13.0. The van der Waals surface area contributed by atoms with E-state index in [0.29, 0.717) is 13.0 Å². The van der Waals surface area contributed by atoms with Crippen molar-refractivity contribution >= 4 is 17.8 Å². The Balaban J connectivity index is 0.000000631. The molecule has 0 aliphatic carbocycles. The maximum atomic E-state index is 13.5. The number of amides is 1. The minimum absolute atomic E-state index is 0.197. The Labute approximate surface area is 229 Å². The average molecular weight is 533 g/mol. The molecule has 0 unspecified atom stereocenters. The molecule has 1 aliphatic rings. The zero-order valence-electron chi connectivity index (χ0n) is 22.5. The number of hydrogen-bond acceptors (Lipinski definition) is 5. The SMILES string of the molecule is COc1ccc(CC(=O)N(Cc2ccc(C)cc2)C2CCN(Cc3ccccc3)CC2)cc1.O=C(O)C(=O)O. The van der Waals surface area contributed by atoms with Crippen LogP contribution < -0.4 is 4.74 Å². The zero-order valence-corrected chi connectivity index (χ0v) is 22.5. The molecule has 8 heteroatoms. The van der Waals surface area contributed by atoms with E-state index in [1.165, 1.54) is 16.7 Å². The van der Waals surface area contributed by atoms with Crippen molar-refractivity contribution in [1.29, 1.82) is 0 Å². The van der Waals surface area contributed by atoms with Crippen molar-refractivity contribution < 1.29 is 29.3 Å². The van der Waals surface area contributed by atoms with E-state index in [9.17, 15) is 4.79 Å². The Morgan fingerprint density at radius 1 is 0.821 bits per heavy atom. The van der Waals surface area contributed by atoms with Crippen molar-refractivity contribution in [3.05, 3.63) is 101 Å². The summed E-state index contributed by atoms with van der Waals surface area (Å²) in [6.45, 7) is 5.77. The summed E-state index contributed by atoms with van der Waals surface area (Å²) in [6, 6.07) is 27.3. The summed E-state index contributed by atoms with van der Waals surface area (Å²) in [5.74, 6) is -2.64. The lowest BCUT2D eigenvalue weighted by Crippen LogP contribution is -2.47. The van der Waals surface area contributed by atoms with Crippen LogP contribution in [0.1, 0.15) is 35.1 Å². The van der Waals surface area contributed by atoms with Crippen molar-refractivity contribution in [1.82, 2.24) is 9.80 Å². The molecular weight excluding hydrogens is 496 g/mol. The van der Waals surface area contributed by atoms with Crippen LogP contribution in [0.2, 0.25) is 0 Å². The predicted molar refractivity (Wildman–Crippen MR) is 148 cm³/mol. The van der Waals surface area contributed by atoms with Gasteiger partial charge in [0.2, 0.25) is 5.91 Å². The molecular formula is C31H36N2O6. The third-order valence-electron chi connectivity index (χ3n) is 6.74. The van der Waals surface area contributed by atoms with Crippen molar-refractivity contribution in [3.63, 3.8) is 0 Å². The van der Waals surface area contributed by atoms with Crippen LogP contribution in [0.3, 0.4) is 0 Å². The maximum Gasteiger partial charge on any atom is 0.414 e. The summed E-state index contributed by atoms with van der Waals surface area (Å²) in [4.78, 5) is 36.3. The number of carbonyl (C=O) groups is 3. The van der Waals surface area contributed by atoms with Crippen LogP contribution in [0.5, 0.6) is 5.75 Å². The number of carboxylic acid groups (broad SMARTS) is 2. The fourth-order valence-corrected chi connectivity index (χ4v) is 4.56. The molecule has 8 nitrogen and oxygen atoms in total. The molecule has 39 heavy (non-hydrogen) atoms. The number of aliphatic carboxylic acids is 2. The number of aryl methyl sites for hydroxylation is 1. The van der Waals surface area contributed by atoms with Gasteiger partial charge in [0.1, 0.15) is 5.75 Å². The second kappa shape index (κ2) is 14.7. The number of piperidine rings is 1. The molecule has 206 valence electrons. The van der Waals surface area contributed by atoms with E-state index in [4.69, 9.17) is 24.5 Å². The summed E-state index contributed by atoms with van der Waals surface area (Å²) >= 11 is 0. The molecule has 4 rings (SSSR count). The summed E-state index contributed by atoms with van der Waals surface area (Å²) in [6.07, 6.45) is 2.43. The Kier molecular flexibility index (Phi) is 11.1. The lowest BCUT2D eigenvalue weighted by Gasteiger charge is -2.39. The number of ether oxygens (including phenoxy) is 1. The highest BCUT2D eigenvalue weighted by Gasteiger charge is 2.28. The molecule has 2 N–H and O–H groups in total. The smallest absolute Gasteiger partial charge is 0.414 e. The van der Waals surface area contributed by atoms with Crippen molar-refractivity contribution in [2.24, 2.45) is 0 Å². The highest BCUT2D eigenvalue weighted by Crippen LogP contribution is 2.22. The molecule has 1 aliphatic heterocycles. The molecule has 0 radical (unpaired) electrons. The van der Waals surface area contributed by atoms with Gasteiger partial charge in [0.15, 0.2) is 0 Å². The second-order valence-corrected chi connectivity index (χ2v) is 9.64. The predicted octanol–water partition coefficient (Wildman–Crippen LogP) is 4.40. The quantitative estimate of drug-likeness (QED) is 0.414. The molecule has 0 aromatic heterocycles. The molecule has 3 aromatic carbocycles. The Bertz CT molecular complexity index is 1190. The van der Waals surface area contributed by atoms with E-state index >= 15 is 0 Å². The van der Waals surface area contributed by atoms with Gasteiger partial charge in [0.25, 0.3) is 0 Å². The molecule has 0 saturated carbocycles. The lowest BCUT2D eigenvalue weighted by molar-refractivity contribution is -0.159. The number of likely N-dealkylation sites (tertiary alicyclic amines) is 1. The summed E-state index contributed by atoms with van der Waals surface area (Å²) in [5, 5.41) is 14.8. The molecule has 0 bridgehead atoms. The van der Waals surface area contributed by atoms with Crippen LogP contribution >= 0.6 is 0 Å². The van der Waals surface area contributed by atoms with Gasteiger partial charge in [-0.25, -0.2) is 9.59 Å². The monoisotopic (exact) mass is 532 g/mol. The van der Waals surface area contributed by atoms with E-state index in [1.54, 1.807) is 7.11 Å². The van der Waals surface area contributed by atoms with Gasteiger partial charge in [-0.2, -0.15) is 0 Å². The van der Waals surface area contributed by atoms with E-state index in [1.807, 2.05) is 24.3 Å². The fraction of sp³-hybridized carbons (Fsp3) is 0.323. The van der Waals surface area contributed by atoms with Crippen LogP contribution in [0.15, 0.2) is 78.9 Å². The van der Waals surface area contributed by atoms with Crippen molar-refractivity contribution in [2.45, 2.75) is 45.3 Å². The van der Waals surface area contributed by atoms with Gasteiger partial charge in [0.05, 0.1) is 13.5 Å². The Morgan fingerprint density at radius 3 is 1.92 bits per heavy atom. The largest absolute Gasteiger partial charge is 0.497 e. The zero-order chi connectivity index (χ0) is 28.2.